The van der Waals surface area contributed by atoms with E-state index in [-0.39, 0.29) is 0 Å². The number of hydrogen-bond acceptors (Lipinski definition) is 3. The monoisotopic (exact) mass is 249 g/mol. The van der Waals surface area contributed by atoms with Gasteiger partial charge in [-0.25, -0.2) is 4.98 Å². The fraction of sp³-hybridized carbons (Fsp3) is 0.500. The molecule has 0 bridgehead atoms. The number of aliphatic hydroxyl groups excluding tert-OH is 1. The first-order chi connectivity index (χ1) is 7.03. The van der Waals surface area contributed by atoms with Crippen LogP contribution in [0.2, 0.25) is 0 Å². The fourth-order valence-corrected chi connectivity index (χ4v) is 0.983. The Labute approximate surface area is 84.1 Å². The van der Waals surface area contributed by atoms with Crippen molar-refractivity contribution in [2.45, 2.75) is 18.5 Å². The Morgan fingerprint density at radius 2 is 1.69 bits per heavy atom. The number of anilines is 1. The van der Waals surface area contributed by atoms with Crippen molar-refractivity contribution in [3.8, 4) is 0 Å². The van der Waals surface area contributed by atoms with Crippen molar-refractivity contribution < 1.29 is 31.4 Å². The minimum Gasteiger partial charge on any atom is -0.378 e. The molecule has 16 heavy (non-hydrogen) atoms. The van der Waals surface area contributed by atoms with Crippen LogP contribution in [0.4, 0.5) is 32.3 Å². The van der Waals surface area contributed by atoms with Gasteiger partial charge in [0.05, 0.1) is 5.69 Å². The summed E-state index contributed by atoms with van der Waals surface area (Å²) in [6.07, 6.45) is -13.7. The van der Waals surface area contributed by atoms with E-state index in [2.05, 4.69) is 4.98 Å². The van der Waals surface area contributed by atoms with E-state index in [1.807, 2.05) is 0 Å². The van der Waals surface area contributed by atoms with Crippen LogP contribution < -0.4 is 5.73 Å². The van der Waals surface area contributed by atoms with Crippen molar-refractivity contribution in [2.75, 3.05) is 5.73 Å². The van der Waals surface area contributed by atoms with Gasteiger partial charge in [0, 0.05) is 0 Å². The molecule has 0 saturated heterocycles. The Kier molecular flexibility index (Phi) is 2.79. The number of nitrogens with zero attached hydrogens (tertiary/aromatic N) is 1. The second-order valence-electron chi connectivity index (χ2n) is 2.83. The summed E-state index contributed by atoms with van der Waals surface area (Å²) >= 11 is 0. The van der Waals surface area contributed by atoms with Crippen molar-refractivity contribution >= 4 is 5.95 Å². The number of aromatic nitrogens is 2. The largest absolute Gasteiger partial charge is 0.435 e. The van der Waals surface area contributed by atoms with Crippen LogP contribution in [0.5, 0.6) is 0 Å². The minimum absolute atomic E-state index is 0.856. The zero-order chi connectivity index (χ0) is 12.7. The summed E-state index contributed by atoms with van der Waals surface area (Å²) in [5.74, 6) is -0.856. The lowest BCUT2D eigenvalue weighted by atomic mass is 10.2. The molecule has 0 saturated carbocycles. The molecule has 0 amide bonds. The third-order valence-electron chi connectivity index (χ3n) is 1.60. The van der Waals surface area contributed by atoms with Gasteiger partial charge in [-0.1, -0.05) is 0 Å². The Morgan fingerprint density at radius 1 is 1.19 bits per heavy atom. The molecule has 0 aliphatic carbocycles. The third-order valence-corrected chi connectivity index (χ3v) is 1.60. The van der Waals surface area contributed by atoms with Gasteiger partial charge in [-0.2, -0.15) is 26.3 Å². The molecule has 10 heteroatoms. The van der Waals surface area contributed by atoms with E-state index < -0.39 is 35.8 Å². The average molecular weight is 249 g/mol. The van der Waals surface area contributed by atoms with Gasteiger partial charge in [-0.05, 0) is 0 Å². The van der Waals surface area contributed by atoms with Crippen LogP contribution in [0, 0.1) is 0 Å². The summed E-state index contributed by atoms with van der Waals surface area (Å²) in [5, 5.41) is 8.66. The van der Waals surface area contributed by atoms with Crippen LogP contribution in [0.3, 0.4) is 0 Å². The first-order valence-corrected chi connectivity index (χ1v) is 3.71. The summed E-state index contributed by atoms with van der Waals surface area (Å²) in [6, 6.07) is 0. The van der Waals surface area contributed by atoms with E-state index in [0.717, 1.165) is 0 Å². The SMILES string of the molecule is Nc1nc(C(F)(F)F)c([C@H](O)C(F)(F)F)[nH]1. The number of halogens is 6. The number of rotatable bonds is 1. The highest BCUT2D eigenvalue weighted by Gasteiger charge is 2.47. The highest BCUT2D eigenvalue weighted by Crippen LogP contribution is 2.39. The van der Waals surface area contributed by atoms with Gasteiger partial charge in [0.2, 0.25) is 0 Å². The molecule has 1 aromatic rings. The predicted molar refractivity (Wildman–Crippen MR) is 39.0 cm³/mol. The number of aromatic amines is 1. The lowest BCUT2D eigenvalue weighted by Gasteiger charge is -2.15. The first-order valence-electron chi connectivity index (χ1n) is 3.71. The quantitative estimate of drug-likeness (QED) is 0.662. The van der Waals surface area contributed by atoms with Crippen molar-refractivity contribution in [1.82, 2.24) is 9.97 Å². The topological polar surface area (TPSA) is 74.9 Å². The zero-order valence-electron chi connectivity index (χ0n) is 7.32. The second-order valence-corrected chi connectivity index (χ2v) is 2.83. The summed E-state index contributed by atoms with van der Waals surface area (Å²) in [6.45, 7) is 0. The van der Waals surface area contributed by atoms with Crippen LogP contribution in [-0.2, 0) is 6.18 Å². The van der Waals surface area contributed by atoms with Gasteiger partial charge in [0.1, 0.15) is 0 Å². The number of alkyl halides is 6. The van der Waals surface area contributed by atoms with E-state index in [0.29, 0.717) is 0 Å². The molecule has 0 aromatic carbocycles. The fourth-order valence-electron chi connectivity index (χ4n) is 0.983. The Hall–Kier alpha value is -1.45. The Balaban J connectivity index is 3.24. The molecule has 1 heterocycles. The second kappa shape index (κ2) is 3.54. The number of nitrogens with one attached hydrogen (secondary N) is 1. The van der Waals surface area contributed by atoms with E-state index in [1.165, 1.54) is 4.98 Å². The molecule has 1 atom stereocenters. The molecule has 0 aliphatic heterocycles. The molecule has 1 aromatic heterocycles. The molecule has 0 fully saturated rings. The average Bonchev–Trinajstić information content (AvgIpc) is 2.43. The number of imidazole rings is 1. The molecule has 0 aliphatic rings. The zero-order valence-corrected chi connectivity index (χ0v) is 7.32. The van der Waals surface area contributed by atoms with E-state index in [4.69, 9.17) is 10.8 Å². The van der Waals surface area contributed by atoms with Gasteiger partial charge >= 0.3 is 12.4 Å². The number of nitrogen functional groups attached to an aromatic ring is 1. The normalized spacial score (nSPS) is 15.2. The standard InChI is InChI=1S/C6H5F6N3O/c7-5(8,9)2-1(14-4(13)15-2)3(16)6(10,11)12/h3,16H,(H3,13,14,15)/t3-/m0/s1. The van der Waals surface area contributed by atoms with Gasteiger partial charge in [-0.15, -0.1) is 0 Å². The molecule has 0 spiro atoms. The minimum atomic E-state index is -5.24. The molecule has 92 valence electrons. The van der Waals surface area contributed by atoms with Crippen molar-refractivity contribution in [2.24, 2.45) is 0 Å². The summed E-state index contributed by atoms with van der Waals surface area (Å²) in [5.41, 5.74) is 1.42. The predicted octanol–water partition coefficient (Wildman–Crippen LogP) is 1.61. The van der Waals surface area contributed by atoms with Gasteiger partial charge in [-0.3, -0.25) is 0 Å². The van der Waals surface area contributed by atoms with Crippen LogP contribution in [-0.4, -0.2) is 21.3 Å². The number of H-pyrrole nitrogens is 1. The van der Waals surface area contributed by atoms with Crippen LogP contribution in [0.25, 0.3) is 0 Å². The van der Waals surface area contributed by atoms with Gasteiger partial charge in [0.15, 0.2) is 17.7 Å². The van der Waals surface area contributed by atoms with Crippen molar-refractivity contribution in [1.29, 1.82) is 0 Å². The Morgan fingerprint density at radius 3 is 2.06 bits per heavy atom. The molecule has 4 nitrogen and oxygen atoms in total. The maximum absolute atomic E-state index is 12.2. The molecular formula is C6H5F6N3O. The van der Waals surface area contributed by atoms with Gasteiger partial charge < -0.3 is 15.8 Å². The number of nitrogens with two attached hydrogens (primary N) is 1. The number of aliphatic hydroxyl groups is 1. The lowest BCUT2D eigenvalue weighted by molar-refractivity contribution is -0.210. The Bertz CT molecular complexity index is 381. The molecule has 0 radical (unpaired) electrons. The molecule has 4 N–H and O–H groups in total. The maximum Gasteiger partial charge on any atom is 0.435 e. The van der Waals surface area contributed by atoms with Crippen LogP contribution in [0.15, 0.2) is 0 Å². The highest BCUT2D eigenvalue weighted by atomic mass is 19.4. The van der Waals surface area contributed by atoms with Crippen LogP contribution >= 0.6 is 0 Å². The van der Waals surface area contributed by atoms with Crippen molar-refractivity contribution in [3.63, 3.8) is 0 Å². The summed E-state index contributed by atoms with van der Waals surface area (Å²) in [4.78, 5) is 4.19. The first kappa shape index (κ1) is 12.6. The van der Waals surface area contributed by atoms with E-state index >= 15 is 0 Å². The third kappa shape index (κ3) is 2.38. The molecule has 0 unspecified atom stereocenters. The smallest absolute Gasteiger partial charge is 0.378 e. The molecule has 1 rings (SSSR count). The summed E-state index contributed by atoms with van der Waals surface area (Å²) in [7, 11) is 0. The van der Waals surface area contributed by atoms with E-state index in [1.54, 1.807) is 0 Å². The summed E-state index contributed by atoms with van der Waals surface area (Å²) < 4.78 is 72.6. The van der Waals surface area contributed by atoms with Crippen molar-refractivity contribution in [3.05, 3.63) is 11.4 Å². The number of hydrogen-bond donors (Lipinski definition) is 3. The maximum atomic E-state index is 12.2. The molecular weight excluding hydrogens is 244 g/mol. The van der Waals surface area contributed by atoms with Gasteiger partial charge in [0.25, 0.3) is 0 Å². The van der Waals surface area contributed by atoms with Crippen LogP contribution in [0.1, 0.15) is 17.5 Å². The lowest BCUT2D eigenvalue weighted by Crippen LogP contribution is -2.23. The van der Waals surface area contributed by atoms with E-state index in [9.17, 15) is 26.3 Å². The highest BCUT2D eigenvalue weighted by molar-refractivity contribution is 5.30.